The predicted molar refractivity (Wildman–Crippen MR) is 101 cm³/mol. The van der Waals surface area contributed by atoms with Crippen LogP contribution in [0, 0.1) is 0 Å². The second-order valence-electron chi connectivity index (χ2n) is 6.15. The van der Waals surface area contributed by atoms with Crippen LogP contribution in [-0.4, -0.2) is 51.5 Å². The Morgan fingerprint density at radius 3 is 2.62 bits per heavy atom. The van der Waals surface area contributed by atoms with Crippen LogP contribution in [0.15, 0.2) is 46.7 Å². The fraction of sp³-hybridized carbons (Fsp3) is 0.389. The Morgan fingerprint density at radius 2 is 1.92 bits per heavy atom. The molecule has 8 heteroatoms. The Bertz CT molecular complexity index is 843. The third-order valence-corrected chi connectivity index (χ3v) is 7.34. The summed E-state index contributed by atoms with van der Waals surface area (Å²) in [4.78, 5) is 12.9. The number of nitrogens with zero attached hydrogens (tertiary/aromatic N) is 1. The summed E-state index contributed by atoms with van der Waals surface area (Å²) in [7, 11) is -3.68. The normalized spacial score (nSPS) is 17.0. The molecule has 1 saturated heterocycles. The molecule has 140 valence electrons. The van der Waals surface area contributed by atoms with Crippen molar-refractivity contribution in [2.75, 3.05) is 32.8 Å². The van der Waals surface area contributed by atoms with Crippen LogP contribution in [0.3, 0.4) is 0 Å². The smallest absolute Gasteiger partial charge is 0.262 e. The Hall–Kier alpha value is -1.74. The van der Waals surface area contributed by atoms with Gasteiger partial charge in [0.25, 0.3) is 5.91 Å². The van der Waals surface area contributed by atoms with Crippen molar-refractivity contribution < 1.29 is 17.9 Å². The lowest BCUT2D eigenvalue weighted by Crippen LogP contribution is -2.41. The standard InChI is InChI=1S/C18H22N2O4S2/c1-14(15-5-3-2-4-6-15)13-19-18(21)17-16(7-12-25-17)26(22,23)20-8-10-24-11-9-20/h2-7,12,14H,8-11,13H2,1H3,(H,19,21). The second-order valence-corrected chi connectivity index (χ2v) is 8.97. The molecule has 1 aliphatic heterocycles. The molecule has 1 aliphatic rings. The van der Waals surface area contributed by atoms with E-state index < -0.39 is 10.0 Å². The van der Waals surface area contributed by atoms with Gasteiger partial charge in [0, 0.05) is 19.6 Å². The molecule has 1 amide bonds. The first kappa shape index (κ1) is 19.0. The SMILES string of the molecule is CC(CNC(=O)c1sccc1S(=O)(=O)N1CCOCC1)c1ccccc1. The molecular formula is C18H22N2O4S2. The Balaban J connectivity index is 1.70. The maximum Gasteiger partial charge on any atom is 0.262 e. The van der Waals surface area contributed by atoms with Gasteiger partial charge in [0.15, 0.2) is 0 Å². The van der Waals surface area contributed by atoms with E-state index in [1.165, 1.54) is 10.4 Å². The zero-order valence-electron chi connectivity index (χ0n) is 14.6. The fourth-order valence-electron chi connectivity index (χ4n) is 2.82. The maximum atomic E-state index is 12.8. The summed E-state index contributed by atoms with van der Waals surface area (Å²) in [5.74, 6) is -0.214. The van der Waals surface area contributed by atoms with Crippen molar-refractivity contribution in [1.29, 1.82) is 0 Å². The topological polar surface area (TPSA) is 75.7 Å². The molecule has 1 N–H and O–H groups in total. The van der Waals surface area contributed by atoms with Gasteiger partial charge in [-0.05, 0) is 22.9 Å². The summed E-state index contributed by atoms with van der Waals surface area (Å²) < 4.78 is 32.3. The van der Waals surface area contributed by atoms with Crippen molar-refractivity contribution in [3.63, 3.8) is 0 Å². The zero-order chi connectivity index (χ0) is 18.6. The molecule has 1 fully saturated rings. The molecule has 1 aromatic carbocycles. The van der Waals surface area contributed by atoms with E-state index >= 15 is 0 Å². The number of hydrogen-bond acceptors (Lipinski definition) is 5. The molecule has 6 nitrogen and oxygen atoms in total. The van der Waals surface area contributed by atoms with E-state index in [1.54, 1.807) is 5.38 Å². The Morgan fingerprint density at radius 1 is 1.23 bits per heavy atom. The molecule has 0 radical (unpaired) electrons. The van der Waals surface area contributed by atoms with E-state index in [9.17, 15) is 13.2 Å². The van der Waals surface area contributed by atoms with E-state index in [0.29, 0.717) is 32.8 Å². The van der Waals surface area contributed by atoms with Crippen molar-refractivity contribution in [3.8, 4) is 0 Å². The Labute approximate surface area is 157 Å². The largest absolute Gasteiger partial charge is 0.379 e. The van der Waals surface area contributed by atoms with Crippen LogP contribution < -0.4 is 5.32 Å². The minimum Gasteiger partial charge on any atom is -0.379 e. The van der Waals surface area contributed by atoms with Gasteiger partial charge in [-0.15, -0.1) is 11.3 Å². The molecule has 0 spiro atoms. The fourth-order valence-corrected chi connectivity index (χ4v) is 5.54. The summed E-state index contributed by atoms with van der Waals surface area (Å²) >= 11 is 1.15. The van der Waals surface area contributed by atoms with E-state index in [2.05, 4.69) is 5.32 Å². The molecule has 2 heterocycles. The second kappa shape index (κ2) is 8.30. The highest BCUT2D eigenvalue weighted by Crippen LogP contribution is 2.26. The molecule has 1 atom stereocenters. The first-order chi connectivity index (χ1) is 12.5. The number of carbonyl (C=O) groups is 1. The number of thiophene rings is 1. The molecule has 26 heavy (non-hydrogen) atoms. The first-order valence-corrected chi connectivity index (χ1v) is 10.8. The number of nitrogens with one attached hydrogen (secondary N) is 1. The highest BCUT2D eigenvalue weighted by atomic mass is 32.2. The van der Waals surface area contributed by atoms with E-state index in [0.717, 1.165) is 16.9 Å². The van der Waals surface area contributed by atoms with Crippen molar-refractivity contribution in [3.05, 3.63) is 52.2 Å². The van der Waals surface area contributed by atoms with Crippen LogP contribution in [0.2, 0.25) is 0 Å². The third kappa shape index (κ3) is 4.15. The van der Waals surface area contributed by atoms with E-state index in [4.69, 9.17) is 4.74 Å². The number of amides is 1. The van der Waals surface area contributed by atoms with Crippen LogP contribution in [0.5, 0.6) is 0 Å². The third-order valence-electron chi connectivity index (χ3n) is 4.36. The van der Waals surface area contributed by atoms with Gasteiger partial charge in [-0.3, -0.25) is 4.79 Å². The van der Waals surface area contributed by atoms with E-state index in [-0.39, 0.29) is 21.6 Å². The van der Waals surface area contributed by atoms with Gasteiger partial charge >= 0.3 is 0 Å². The lowest BCUT2D eigenvalue weighted by atomic mass is 10.0. The van der Waals surface area contributed by atoms with Crippen LogP contribution >= 0.6 is 11.3 Å². The van der Waals surface area contributed by atoms with Gasteiger partial charge in [0.05, 0.1) is 13.2 Å². The van der Waals surface area contributed by atoms with Crippen molar-refractivity contribution in [1.82, 2.24) is 9.62 Å². The molecule has 1 unspecified atom stereocenters. The highest BCUT2D eigenvalue weighted by Gasteiger charge is 2.31. The van der Waals surface area contributed by atoms with Crippen molar-refractivity contribution >= 4 is 27.3 Å². The quantitative estimate of drug-likeness (QED) is 0.816. The molecule has 0 aliphatic carbocycles. The predicted octanol–water partition coefficient (Wildman–Crippen LogP) is 2.30. The first-order valence-electron chi connectivity index (χ1n) is 8.48. The number of benzene rings is 1. The number of ether oxygens (including phenoxy) is 1. The molecule has 3 rings (SSSR count). The Kier molecular flexibility index (Phi) is 6.08. The van der Waals surface area contributed by atoms with Gasteiger partial charge in [-0.1, -0.05) is 37.3 Å². The summed E-state index contributed by atoms with van der Waals surface area (Å²) in [5, 5.41) is 4.50. The van der Waals surface area contributed by atoms with Crippen molar-refractivity contribution in [2.24, 2.45) is 0 Å². The minimum atomic E-state index is -3.68. The number of morpholine rings is 1. The number of sulfonamides is 1. The monoisotopic (exact) mass is 394 g/mol. The summed E-state index contributed by atoms with van der Waals surface area (Å²) in [6, 6.07) is 11.4. The lowest BCUT2D eigenvalue weighted by molar-refractivity contribution is 0.0730. The van der Waals surface area contributed by atoms with Gasteiger partial charge in [0.1, 0.15) is 9.77 Å². The maximum absolute atomic E-state index is 12.8. The average molecular weight is 395 g/mol. The minimum absolute atomic E-state index is 0.0780. The van der Waals surface area contributed by atoms with Crippen LogP contribution in [0.1, 0.15) is 28.1 Å². The van der Waals surface area contributed by atoms with Gasteiger partial charge in [-0.2, -0.15) is 4.31 Å². The van der Waals surface area contributed by atoms with Gasteiger partial charge in [0.2, 0.25) is 10.0 Å². The highest BCUT2D eigenvalue weighted by molar-refractivity contribution is 7.89. The average Bonchev–Trinajstić information content (AvgIpc) is 3.18. The van der Waals surface area contributed by atoms with Gasteiger partial charge < -0.3 is 10.1 Å². The molecule has 0 bridgehead atoms. The van der Waals surface area contributed by atoms with Crippen LogP contribution in [0.25, 0.3) is 0 Å². The number of carbonyl (C=O) groups excluding carboxylic acids is 1. The molecule has 2 aromatic rings. The van der Waals surface area contributed by atoms with Crippen LogP contribution in [0.4, 0.5) is 0 Å². The van der Waals surface area contributed by atoms with E-state index in [1.807, 2.05) is 37.3 Å². The number of hydrogen-bond donors (Lipinski definition) is 1. The molecule has 0 saturated carbocycles. The lowest BCUT2D eigenvalue weighted by Gasteiger charge is -2.26. The summed E-state index contributed by atoms with van der Waals surface area (Å²) in [5.41, 5.74) is 1.13. The molecule has 1 aromatic heterocycles. The molecular weight excluding hydrogens is 372 g/mol. The van der Waals surface area contributed by atoms with Gasteiger partial charge in [-0.25, -0.2) is 8.42 Å². The van der Waals surface area contributed by atoms with Crippen LogP contribution in [-0.2, 0) is 14.8 Å². The summed E-state index contributed by atoms with van der Waals surface area (Å²) in [6.07, 6.45) is 0. The number of rotatable bonds is 6. The summed E-state index contributed by atoms with van der Waals surface area (Å²) in [6.45, 7) is 3.83. The van der Waals surface area contributed by atoms with Crippen molar-refractivity contribution in [2.45, 2.75) is 17.7 Å². The zero-order valence-corrected chi connectivity index (χ0v) is 16.2.